The Hall–Kier alpha value is -0.900. The van der Waals surface area contributed by atoms with E-state index < -0.39 is 0 Å². The van der Waals surface area contributed by atoms with Crippen molar-refractivity contribution in [2.75, 3.05) is 5.32 Å². The Labute approximate surface area is 100 Å². The van der Waals surface area contributed by atoms with Crippen molar-refractivity contribution in [3.8, 4) is 0 Å². The number of aromatic nitrogens is 1. The number of thiazole rings is 1. The molecule has 1 aromatic rings. The molecule has 0 bridgehead atoms. The summed E-state index contributed by atoms with van der Waals surface area (Å²) in [5.41, 5.74) is 1.01. The Bertz CT molecular complexity index is 361. The highest BCUT2D eigenvalue weighted by atomic mass is 32.1. The summed E-state index contributed by atoms with van der Waals surface area (Å²) in [4.78, 5) is 17.2. The van der Waals surface area contributed by atoms with Crippen LogP contribution in [0.3, 0.4) is 0 Å². The molecule has 0 atom stereocenters. The van der Waals surface area contributed by atoms with Crippen molar-refractivity contribution < 1.29 is 4.79 Å². The van der Waals surface area contributed by atoms with Gasteiger partial charge in [-0.1, -0.05) is 12.8 Å². The normalized spacial score (nSPS) is 16.6. The number of amides is 1. The van der Waals surface area contributed by atoms with Crippen LogP contribution < -0.4 is 5.32 Å². The molecule has 1 aliphatic carbocycles. The zero-order valence-electron chi connectivity index (χ0n) is 9.88. The zero-order valence-corrected chi connectivity index (χ0v) is 10.7. The molecular formula is C12H18N2OS. The maximum Gasteiger partial charge on any atom is 0.226 e. The van der Waals surface area contributed by atoms with Gasteiger partial charge in [0.1, 0.15) is 0 Å². The average molecular weight is 238 g/mol. The fourth-order valence-corrected chi connectivity index (χ4v) is 3.00. The van der Waals surface area contributed by atoms with E-state index in [1.54, 1.807) is 11.3 Å². The second kappa shape index (κ2) is 4.95. The number of nitrogens with one attached hydrogen (secondary N) is 1. The van der Waals surface area contributed by atoms with Crippen LogP contribution in [0.1, 0.15) is 42.7 Å². The Morgan fingerprint density at radius 1 is 1.44 bits per heavy atom. The molecule has 0 aromatic carbocycles. The second-order valence-corrected chi connectivity index (χ2v) is 5.77. The van der Waals surface area contributed by atoms with Gasteiger partial charge in [-0.3, -0.25) is 4.79 Å². The van der Waals surface area contributed by atoms with E-state index in [1.165, 1.54) is 30.6 Å². The summed E-state index contributed by atoms with van der Waals surface area (Å²) in [6.45, 7) is 4.00. The van der Waals surface area contributed by atoms with Crippen molar-refractivity contribution in [3.05, 3.63) is 10.6 Å². The third kappa shape index (κ3) is 2.82. The third-order valence-corrected chi connectivity index (χ3v) is 4.21. The number of aryl methyl sites for hydroxylation is 2. The van der Waals surface area contributed by atoms with Gasteiger partial charge in [0.2, 0.25) is 5.91 Å². The quantitative estimate of drug-likeness (QED) is 0.878. The van der Waals surface area contributed by atoms with Crippen molar-refractivity contribution in [2.45, 2.75) is 46.0 Å². The van der Waals surface area contributed by atoms with Gasteiger partial charge >= 0.3 is 0 Å². The molecule has 1 aliphatic rings. The minimum absolute atomic E-state index is 0.126. The van der Waals surface area contributed by atoms with Crippen LogP contribution in [0, 0.1) is 19.8 Å². The van der Waals surface area contributed by atoms with Gasteiger partial charge < -0.3 is 5.32 Å². The van der Waals surface area contributed by atoms with E-state index in [4.69, 9.17) is 0 Å². The standard InChI is InChI=1S/C12H18N2OS/c1-8-9(2)16-12(13-8)14-11(15)7-10-5-3-4-6-10/h10H,3-7H2,1-2H3,(H,13,14,15). The Balaban J connectivity index is 1.86. The molecule has 2 rings (SSSR count). The predicted octanol–water partition coefficient (Wildman–Crippen LogP) is 3.28. The first-order chi connectivity index (χ1) is 7.65. The van der Waals surface area contributed by atoms with E-state index in [0.717, 1.165) is 10.8 Å². The molecule has 4 heteroatoms. The lowest BCUT2D eigenvalue weighted by molar-refractivity contribution is -0.117. The topological polar surface area (TPSA) is 42.0 Å². The van der Waals surface area contributed by atoms with E-state index in [2.05, 4.69) is 10.3 Å². The molecule has 0 unspecified atom stereocenters. The summed E-state index contributed by atoms with van der Waals surface area (Å²) in [6, 6.07) is 0. The maximum absolute atomic E-state index is 11.7. The molecule has 0 aliphatic heterocycles. The van der Waals surface area contributed by atoms with E-state index in [-0.39, 0.29) is 5.91 Å². The Kier molecular flexibility index (Phi) is 3.59. The molecule has 1 fully saturated rings. The van der Waals surface area contributed by atoms with Crippen LogP contribution in [-0.2, 0) is 4.79 Å². The van der Waals surface area contributed by atoms with Gasteiger partial charge in [-0.15, -0.1) is 11.3 Å². The summed E-state index contributed by atoms with van der Waals surface area (Å²) < 4.78 is 0. The van der Waals surface area contributed by atoms with Crippen molar-refractivity contribution in [1.82, 2.24) is 4.98 Å². The minimum Gasteiger partial charge on any atom is -0.302 e. The minimum atomic E-state index is 0.126. The fraction of sp³-hybridized carbons (Fsp3) is 0.667. The Morgan fingerprint density at radius 3 is 2.69 bits per heavy atom. The molecule has 0 spiro atoms. The van der Waals surface area contributed by atoms with Crippen LogP contribution in [0.4, 0.5) is 5.13 Å². The summed E-state index contributed by atoms with van der Waals surface area (Å²) >= 11 is 1.56. The molecule has 1 N–H and O–H groups in total. The van der Waals surface area contributed by atoms with Gasteiger partial charge in [0, 0.05) is 11.3 Å². The third-order valence-electron chi connectivity index (χ3n) is 3.22. The number of nitrogens with zero attached hydrogens (tertiary/aromatic N) is 1. The van der Waals surface area contributed by atoms with Crippen molar-refractivity contribution in [1.29, 1.82) is 0 Å². The fourth-order valence-electron chi connectivity index (χ4n) is 2.17. The number of hydrogen-bond donors (Lipinski definition) is 1. The summed E-state index contributed by atoms with van der Waals surface area (Å²) in [5, 5.41) is 3.65. The number of hydrogen-bond acceptors (Lipinski definition) is 3. The van der Waals surface area contributed by atoms with Gasteiger partial charge in [0.25, 0.3) is 0 Å². The van der Waals surface area contributed by atoms with Crippen molar-refractivity contribution >= 4 is 22.4 Å². The first-order valence-corrected chi connectivity index (χ1v) is 6.70. The number of anilines is 1. The van der Waals surface area contributed by atoms with Gasteiger partial charge in [0.15, 0.2) is 5.13 Å². The van der Waals surface area contributed by atoms with E-state index in [0.29, 0.717) is 12.3 Å². The molecule has 3 nitrogen and oxygen atoms in total. The molecule has 0 saturated heterocycles. The zero-order chi connectivity index (χ0) is 11.5. The second-order valence-electron chi connectivity index (χ2n) is 4.56. The lowest BCUT2D eigenvalue weighted by Crippen LogP contribution is -2.14. The van der Waals surface area contributed by atoms with Crippen LogP contribution in [-0.4, -0.2) is 10.9 Å². The van der Waals surface area contributed by atoms with Crippen LogP contribution >= 0.6 is 11.3 Å². The smallest absolute Gasteiger partial charge is 0.226 e. The van der Waals surface area contributed by atoms with Gasteiger partial charge in [-0.25, -0.2) is 4.98 Å². The van der Waals surface area contributed by atoms with Crippen LogP contribution in [0.25, 0.3) is 0 Å². The molecule has 1 saturated carbocycles. The van der Waals surface area contributed by atoms with E-state index in [1.807, 2.05) is 13.8 Å². The van der Waals surface area contributed by atoms with Crippen molar-refractivity contribution in [3.63, 3.8) is 0 Å². The maximum atomic E-state index is 11.7. The SMILES string of the molecule is Cc1nc(NC(=O)CC2CCCC2)sc1C. The molecule has 1 amide bonds. The summed E-state index contributed by atoms with van der Waals surface area (Å²) in [7, 11) is 0. The number of rotatable bonds is 3. The first kappa shape index (κ1) is 11.6. The van der Waals surface area contributed by atoms with Gasteiger partial charge in [-0.05, 0) is 32.6 Å². The molecule has 88 valence electrons. The monoisotopic (exact) mass is 238 g/mol. The molecule has 16 heavy (non-hydrogen) atoms. The highest BCUT2D eigenvalue weighted by Crippen LogP contribution is 2.28. The van der Waals surface area contributed by atoms with E-state index in [9.17, 15) is 4.79 Å². The molecule has 0 radical (unpaired) electrons. The predicted molar refractivity (Wildman–Crippen MR) is 66.8 cm³/mol. The number of carbonyl (C=O) groups is 1. The largest absolute Gasteiger partial charge is 0.302 e. The van der Waals surface area contributed by atoms with Crippen LogP contribution in [0.2, 0.25) is 0 Å². The highest BCUT2D eigenvalue weighted by Gasteiger charge is 2.19. The summed E-state index contributed by atoms with van der Waals surface area (Å²) in [5.74, 6) is 0.725. The van der Waals surface area contributed by atoms with Gasteiger partial charge in [0.05, 0.1) is 5.69 Å². The molecule has 1 heterocycles. The van der Waals surface area contributed by atoms with Gasteiger partial charge in [-0.2, -0.15) is 0 Å². The lowest BCUT2D eigenvalue weighted by Gasteiger charge is -2.07. The average Bonchev–Trinajstić information content (AvgIpc) is 2.78. The van der Waals surface area contributed by atoms with Crippen LogP contribution in [0.15, 0.2) is 0 Å². The highest BCUT2D eigenvalue weighted by molar-refractivity contribution is 7.15. The molecular weight excluding hydrogens is 220 g/mol. The molecule has 1 aromatic heterocycles. The summed E-state index contributed by atoms with van der Waals surface area (Å²) in [6.07, 6.45) is 5.66. The van der Waals surface area contributed by atoms with E-state index >= 15 is 0 Å². The number of carbonyl (C=O) groups excluding carboxylic acids is 1. The van der Waals surface area contributed by atoms with Crippen molar-refractivity contribution in [2.24, 2.45) is 5.92 Å². The Morgan fingerprint density at radius 2 is 2.12 bits per heavy atom. The lowest BCUT2D eigenvalue weighted by atomic mass is 10.0. The van der Waals surface area contributed by atoms with Crippen LogP contribution in [0.5, 0.6) is 0 Å². The first-order valence-electron chi connectivity index (χ1n) is 5.89.